The third-order valence-corrected chi connectivity index (χ3v) is 4.93. The summed E-state index contributed by atoms with van der Waals surface area (Å²) in [6.45, 7) is 1.49. The molecule has 0 radical (unpaired) electrons. The molecule has 4 aromatic rings. The van der Waals surface area contributed by atoms with Crippen molar-refractivity contribution in [2.45, 2.75) is 13.1 Å². The van der Waals surface area contributed by atoms with Gasteiger partial charge in [-0.2, -0.15) is 5.10 Å². The standard InChI is InChI=1S/C22H23ClN6O2/c1-31-17-9-7-15(8-10-17)14-29-21-19(20(28-29)25-16-5-3-2-4-6-16)22(30)27-18(26-21)13-24-12-11-23/h2-10,24H,11-14H2,1H3,(H,25,28)(H,26,27,30). The van der Waals surface area contributed by atoms with Crippen LogP contribution < -0.4 is 20.9 Å². The summed E-state index contributed by atoms with van der Waals surface area (Å²) in [6.07, 6.45) is 0. The maximum atomic E-state index is 12.9. The van der Waals surface area contributed by atoms with Crippen molar-refractivity contribution in [2.75, 3.05) is 24.9 Å². The third-order valence-electron chi connectivity index (χ3n) is 4.74. The van der Waals surface area contributed by atoms with E-state index in [1.165, 1.54) is 0 Å². The molecule has 160 valence electrons. The van der Waals surface area contributed by atoms with E-state index in [9.17, 15) is 4.79 Å². The number of para-hydroxylation sites is 1. The zero-order chi connectivity index (χ0) is 21.6. The number of anilines is 2. The summed E-state index contributed by atoms with van der Waals surface area (Å²) in [5, 5.41) is 11.5. The summed E-state index contributed by atoms with van der Waals surface area (Å²) in [5.74, 6) is 2.25. The molecule has 2 heterocycles. The number of nitrogens with one attached hydrogen (secondary N) is 3. The molecule has 0 spiro atoms. The Hall–Kier alpha value is -3.36. The Bertz CT molecular complexity index is 1200. The minimum Gasteiger partial charge on any atom is -0.497 e. The van der Waals surface area contributed by atoms with Gasteiger partial charge < -0.3 is 20.4 Å². The van der Waals surface area contributed by atoms with E-state index < -0.39 is 0 Å². The Morgan fingerprint density at radius 1 is 1.13 bits per heavy atom. The number of rotatable bonds is 9. The third kappa shape index (κ3) is 4.87. The summed E-state index contributed by atoms with van der Waals surface area (Å²) in [6, 6.07) is 17.3. The van der Waals surface area contributed by atoms with Gasteiger partial charge in [-0.05, 0) is 29.8 Å². The van der Waals surface area contributed by atoms with Gasteiger partial charge in [0.05, 0.1) is 20.2 Å². The van der Waals surface area contributed by atoms with Crippen LogP contribution in [0.5, 0.6) is 5.75 Å². The Kier molecular flexibility index (Phi) is 6.49. The predicted molar refractivity (Wildman–Crippen MR) is 122 cm³/mol. The number of halogens is 1. The van der Waals surface area contributed by atoms with E-state index in [-0.39, 0.29) is 5.56 Å². The molecule has 0 fully saturated rings. The van der Waals surface area contributed by atoms with Gasteiger partial charge in [-0.25, -0.2) is 9.67 Å². The van der Waals surface area contributed by atoms with Crippen LogP contribution in [0.2, 0.25) is 0 Å². The van der Waals surface area contributed by atoms with Crippen molar-refractivity contribution in [1.29, 1.82) is 0 Å². The van der Waals surface area contributed by atoms with Crippen molar-refractivity contribution < 1.29 is 4.74 Å². The van der Waals surface area contributed by atoms with Crippen LogP contribution in [-0.2, 0) is 13.1 Å². The van der Waals surface area contributed by atoms with Gasteiger partial charge in [-0.3, -0.25) is 4.79 Å². The number of ether oxygens (including phenoxy) is 1. The minimum absolute atomic E-state index is 0.243. The zero-order valence-corrected chi connectivity index (χ0v) is 17.8. The molecule has 0 aliphatic rings. The first kappa shape index (κ1) is 20.9. The van der Waals surface area contributed by atoms with Crippen LogP contribution in [-0.4, -0.2) is 39.3 Å². The average molecular weight is 439 g/mol. The molecule has 8 nitrogen and oxygen atoms in total. The van der Waals surface area contributed by atoms with Crippen molar-refractivity contribution in [3.05, 3.63) is 76.3 Å². The molecule has 31 heavy (non-hydrogen) atoms. The lowest BCUT2D eigenvalue weighted by Gasteiger charge is -2.06. The highest BCUT2D eigenvalue weighted by Gasteiger charge is 2.17. The summed E-state index contributed by atoms with van der Waals surface area (Å²) in [5.41, 5.74) is 2.12. The van der Waals surface area contributed by atoms with E-state index in [1.54, 1.807) is 11.8 Å². The van der Waals surface area contributed by atoms with E-state index in [0.717, 1.165) is 17.0 Å². The van der Waals surface area contributed by atoms with Crippen LogP contribution in [0.15, 0.2) is 59.4 Å². The predicted octanol–water partition coefficient (Wildman–Crippen LogP) is 3.25. The Morgan fingerprint density at radius 2 is 1.90 bits per heavy atom. The first-order valence-electron chi connectivity index (χ1n) is 9.89. The fraction of sp³-hybridized carbons (Fsp3) is 0.227. The summed E-state index contributed by atoms with van der Waals surface area (Å²) in [7, 11) is 1.63. The zero-order valence-electron chi connectivity index (χ0n) is 17.1. The molecule has 0 unspecified atom stereocenters. The van der Waals surface area contributed by atoms with E-state index in [4.69, 9.17) is 16.3 Å². The number of nitrogens with zero attached hydrogens (tertiary/aromatic N) is 3. The lowest BCUT2D eigenvalue weighted by Crippen LogP contribution is -2.21. The van der Waals surface area contributed by atoms with Gasteiger partial charge in [0.25, 0.3) is 5.56 Å². The van der Waals surface area contributed by atoms with Crippen molar-refractivity contribution in [1.82, 2.24) is 25.1 Å². The molecule has 3 N–H and O–H groups in total. The Morgan fingerprint density at radius 3 is 2.61 bits per heavy atom. The Balaban J connectivity index is 1.75. The van der Waals surface area contributed by atoms with E-state index >= 15 is 0 Å². The number of benzene rings is 2. The van der Waals surface area contributed by atoms with E-state index in [0.29, 0.717) is 48.2 Å². The molecule has 0 aliphatic heterocycles. The fourth-order valence-electron chi connectivity index (χ4n) is 3.24. The largest absolute Gasteiger partial charge is 0.497 e. The van der Waals surface area contributed by atoms with Gasteiger partial charge in [0.15, 0.2) is 11.5 Å². The summed E-state index contributed by atoms with van der Waals surface area (Å²) >= 11 is 5.73. The fourth-order valence-corrected chi connectivity index (χ4v) is 3.38. The van der Waals surface area contributed by atoms with Gasteiger partial charge in [0, 0.05) is 18.1 Å². The molecule has 0 saturated carbocycles. The average Bonchev–Trinajstić information content (AvgIpc) is 3.12. The molecule has 0 atom stereocenters. The number of aromatic amines is 1. The molecule has 2 aromatic carbocycles. The van der Waals surface area contributed by atoms with Crippen LogP contribution in [0, 0.1) is 0 Å². The van der Waals surface area contributed by atoms with Crippen molar-refractivity contribution >= 4 is 34.1 Å². The van der Waals surface area contributed by atoms with Crippen molar-refractivity contribution in [2.24, 2.45) is 0 Å². The smallest absolute Gasteiger partial charge is 0.264 e. The second kappa shape index (κ2) is 9.63. The van der Waals surface area contributed by atoms with Crippen molar-refractivity contribution in [3.8, 4) is 5.75 Å². The molecule has 0 saturated heterocycles. The second-order valence-corrected chi connectivity index (χ2v) is 7.30. The van der Waals surface area contributed by atoms with Gasteiger partial charge in [0.1, 0.15) is 17.0 Å². The van der Waals surface area contributed by atoms with E-state index in [1.807, 2.05) is 54.6 Å². The van der Waals surface area contributed by atoms with Crippen LogP contribution in [0.1, 0.15) is 11.4 Å². The van der Waals surface area contributed by atoms with Crippen LogP contribution in [0.4, 0.5) is 11.5 Å². The molecule has 0 aliphatic carbocycles. The van der Waals surface area contributed by atoms with Crippen molar-refractivity contribution in [3.63, 3.8) is 0 Å². The topological polar surface area (TPSA) is 96.9 Å². The summed E-state index contributed by atoms with van der Waals surface area (Å²) < 4.78 is 6.97. The number of fused-ring (bicyclic) bond motifs is 1. The first-order chi connectivity index (χ1) is 15.2. The van der Waals surface area contributed by atoms with Gasteiger partial charge >= 0.3 is 0 Å². The number of alkyl halides is 1. The van der Waals surface area contributed by atoms with Gasteiger partial charge in [-0.1, -0.05) is 30.3 Å². The normalized spacial score (nSPS) is 11.0. The number of hydrogen-bond acceptors (Lipinski definition) is 6. The second-order valence-electron chi connectivity index (χ2n) is 6.92. The highest BCUT2D eigenvalue weighted by molar-refractivity contribution is 6.18. The van der Waals surface area contributed by atoms with Gasteiger partial charge in [-0.15, -0.1) is 11.6 Å². The quantitative estimate of drug-likeness (QED) is 0.274. The molecular weight excluding hydrogens is 416 g/mol. The monoisotopic (exact) mass is 438 g/mol. The number of aromatic nitrogens is 4. The van der Waals surface area contributed by atoms with E-state index in [2.05, 4.69) is 25.7 Å². The Labute approximate surface area is 184 Å². The maximum Gasteiger partial charge on any atom is 0.264 e. The minimum atomic E-state index is -0.243. The van der Waals surface area contributed by atoms with Crippen LogP contribution in [0.3, 0.4) is 0 Å². The summed E-state index contributed by atoms with van der Waals surface area (Å²) in [4.78, 5) is 20.5. The molecule has 0 amide bonds. The first-order valence-corrected chi connectivity index (χ1v) is 10.4. The number of H-pyrrole nitrogens is 1. The lowest BCUT2D eigenvalue weighted by atomic mass is 10.2. The lowest BCUT2D eigenvalue weighted by molar-refractivity contribution is 0.414. The maximum absolute atomic E-state index is 12.9. The van der Waals surface area contributed by atoms with Gasteiger partial charge in [0.2, 0.25) is 0 Å². The molecule has 2 aromatic heterocycles. The molecule has 4 rings (SSSR count). The molecular formula is C22H23ClN6O2. The van der Waals surface area contributed by atoms with Crippen LogP contribution in [0.25, 0.3) is 11.0 Å². The SMILES string of the molecule is COc1ccc(Cn2nc(Nc3ccccc3)c3c(=O)[nH]c(CNCCCl)nc32)cc1. The number of methoxy groups -OCH3 is 1. The molecule has 0 bridgehead atoms. The molecule has 9 heteroatoms. The highest BCUT2D eigenvalue weighted by atomic mass is 35.5. The highest BCUT2D eigenvalue weighted by Crippen LogP contribution is 2.23. The number of hydrogen-bond donors (Lipinski definition) is 3. The van der Waals surface area contributed by atoms with Crippen LogP contribution >= 0.6 is 11.6 Å².